The first-order valence-electron chi connectivity index (χ1n) is 31.8. The molecule has 0 aromatic heterocycles. The first-order valence-corrected chi connectivity index (χ1v) is 31.8. The average Bonchev–Trinajstić information content (AvgIpc) is 3.38. The first-order chi connectivity index (χ1) is 38.3. The van der Waals surface area contributed by atoms with Crippen LogP contribution in [0.3, 0.4) is 0 Å². The van der Waals surface area contributed by atoms with Crippen LogP contribution in [0, 0.1) is 0 Å². The number of aliphatic hydroxyl groups is 2. The van der Waals surface area contributed by atoms with Gasteiger partial charge in [0, 0.05) is 39.8 Å². The number of aliphatic hydroxyl groups excluding tert-OH is 2. The lowest BCUT2D eigenvalue weighted by Gasteiger charge is -2.30. The van der Waals surface area contributed by atoms with E-state index in [9.17, 15) is 39.0 Å². The minimum atomic E-state index is -0.756. The zero-order valence-electron chi connectivity index (χ0n) is 52.2. The Morgan fingerprint density at radius 3 is 1.10 bits per heavy atom. The van der Waals surface area contributed by atoms with Gasteiger partial charge in [0.05, 0.1) is 40.4 Å². The summed E-state index contributed by atoms with van der Waals surface area (Å²) in [5, 5.41) is 28.0. The van der Waals surface area contributed by atoms with Crippen molar-refractivity contribution in [1.82, 2.24) is 10.6 Å². The molecular formula is C64H120N4O12+2. The molecule has 0 aliphatic heterocycles. The molecule has 0 fully saturated rings. The number of ether oxygens (including phenoxy) is 4. The van der Waals surface area contributed by atoms with Gasteiger partial charge < -0.3 is 48.8 Å². The molecule has 0 spiro atoms. The Morgan fingerprint density at radius 1 is 0.438 bits per heavy atom. The van der Waals surface area contributed by atoms with E-state index >= 15 is 0 Å². The minimum Gasteiger partial charge on any atom is -0.460 e. The molecule has 2 amide bonds. The maximum atomic E-state index is 12.8. The number of allylic oxidation sites excluding steroid dienone is 2. The molecule has 0 rings (SSSR count). The van der Waals surface area contributed by atoms with Crippen LogP contribution < -0.4 is 10.6 Å². The number of esters is 4. The molecule has 4 N–H and O–H groups in total. The lowest BCUT2D eigenvalue weighted by molar-refractivity contribution is -0.883. The summed E-state index contributed by atoms with van der Waals surface area (Å²) in [5.41, 5.74) is 0. The van der Waals surface area contributed by atoms with Crippen LogP contribution in [0.5, 0.6) is 0 Å². The van der Waals surface area contributed by atoms with Gasteiger partial charge in [-0.2, -0.15) is 0 Å². The number of hydrogen-bond donors (Lipinski definition) is 4. The van der Waals surface area contributed by atoms with Gasteiger partial charge in [-0.25, -0.2) is 9.59 Å². The predicted molar refractivity (Wildman–Crippen MR) is 321 cm³/mol. The summed E-state index contributed by atoms with van der Waals surface area (Å²) in [4.78, 5) is 72.4. The van der Waals surface area contributed by atoms with Crippen LogP contribution in [0.1, 0.15) is 246 Å². The maximum Gasteiger partial charge on any atom is 0.362 e. The number of carbonyl (C=O) groups is 6. The number of quaternary nitrogens is 2. The first kappa shape index (κ1) is 76.1. The van der Waals surface area contributed by atoms with E-state index in [0.29, 0.717) is 60.6 Å². The number of nitrogens with zero attached hydrogens (tertiary/aromatic N) is 2. The fraction of sp³-hybridized carbons (Fsp3) is 0.844. The molecule has 0 aliphatic rings. The summed E-state index contributed by atoms with van der Waals surface area (Å²) >= 11 is 0. The molecule has 16 nitrogen and oxygen atoms in total. The second-order valence-corrected chi connectivity index (χ2v) is 23.8. The minimum absolute atomic E-state index is 0.135. The van der Waals surface area contributed by atoms with E-state index in [4.69, 9.17) is 18.9 Å². The normalized spacial score (nSPS) is 13.5. The Balaban J connectivity index is 3.86. The molecule has 0 aromatic carbocycles. The molecule has 0 heterocycles. The molecule has 0 bridgehead atoms. The molecule has 0 saturated heterocycles. The number of nitrogens with one attached hydrogen (secondary N) is 2. The number of hydrogen-bond acceptors (Lipinski definition) is 12. The van der Waals surface area contributed by atoms with E-state index in [1.165, 1.54) is 52.4 Å². The predicted octanol–water partition coefficient (Wildman–Crippen LogP) is 11.5. The van der Waals surface area contributed by atoms with Gasteiger partial charge in [-0.15, -0.1) is 0 Å². The third kappa shape index (κ3) is 49.9. The van der Waals surface area contributed by atoms with Gasteiger partial charge in [0.2, 0.25) is 11.8 Å². The summed E-state index contributed by atoms with van der Waals surface area (Å²) < 4.78 is 22.3. The third-order valence-corrected chi connectivity index (χ3v) is 14.6. The average molecular weight is 1140 g/mol. The van der Waals surface area contributed by atoms with E-state index in [2.05, 4.69) is 36.6 Å². The zero-order chi connectivity index (χ0) is 59.5. The molecular weight excluding hydrogens is 1020 g/mol. The van der Waals surface area contributed by atoms with Gasteiger partial charge in [-0.05, 0) is 89.9 Å². The highest BCUT2D eigenvalue weighted by Crippen LogP contribution is 2.18. The summed E-state index contributed by atoms with van der Waals surface area (Å²) in [7, 11) is 7.56. The van der Waals surface area contributed by atoms with Crippen molar-refractivity contribution < 1.29 is 66.9 Å². The third-order valence-electron chi connectivity index (χ3n) is 14.6. The van der Waals surface area contributed by atoms with E-state index in [-0.39, 0.29) is 62.0 Å². The molecule has 4 unspecified atom stereocenters. The van der Waals surface area contributed by atoms with Crippen LogP contribution in [0.4, 0.5) is 0 Å². The molecule has 0 aliphatic carbocycles. The smallest absolute Gasteiger partial charge is 0.362 e. The highest BCUT2D eigenvalue weighted by Gasteiger charge is 2.29. The summed E-state index contributed by atoms with van der Waals surface area (Å²) in [6, 6.07) is 0. The number of carbonyl (C=O) groups excluding carboxylic acids is 6. The lowest BCUT2D eigenvalue weighted by Crippen LogP contribution is -2.47. The van der Waals surface area contributed by atoms with Gasteiger partial charge in [-0.1, -0.05) is 154 Å². The van der Waals surface area contributed by atoms with Crippen molar-refractivity contribution in [3.8, 4) is 0 Å². The fourth-order valence-corrected chi connectivity index (χ4v) is 9.46. The van der Waals surface area contributed by atoms with Gasteiger partial charge in [0.15, 0.2) is 13.1 Å². The van der Waals surface area contributed by atoms with Gasteiger partial charge in [0.1, 0.15) is 38.5 Å². The largest absolute Gasteiger partial charge is 0.460 e. The molecule has 16 heteroatoms. The standard InChI is InChI=1S/C64H118N4O12/c1-9-11-33-43-59(79-63(75)53-67(5,6)49-51-77-55(3)69)57(71)41-35-27-21-15-17-23-29-37-45-61(73)65-47-39-31-25-19-13-14-20-26-32-40-48-66-62(74)46-38-30-24-18-16-22-28-36-42-58(72)60(44-34-12-10-2)80-64(76)54-68(7,8)50-52-78-56(4)70/h27-28,35-36,57-60,71-72H,9-26,29-34,37-54H2,1-8H3/p+2/b35-27+,36-28+. The van der Waals surface area contributed by atoms with Crippen molar-refractivity contribution in [2.24, 2.45) is 0 Å². The Morgan fingerprint density at radius 2 is 0.762 bits per heavy atom. The second-order valence-electron chi connectivity index (χ2n) is 23.8. The number of amides is 2. The summed E-state index contributed by atoms with van der Waals surface area (Å²) in [6.07, 6.45) is 38.9. The van der Waals surface area contributed by atoms with Crippen LogP contribution >= 0.6 is 0 Å². The van der Waals surface area contributed by atoms with E-state index < -0.39 is 24.4 Å². The van der Waals surface area contributed by atoms with Crippen molar-refractivity contribution in [3.05, 3.63) is 24.3 Å². The maximum absolute atomic E-state index is 12.8. The van der Waals surface area contributed by atoms with Gasteiger partial charge >= 0.3 is 23.9 Å². The molecule has 0 aromatic rings. The number of rotatable bonds is 55. The SMILES string of the molecule is CCCCCC(OC(=O)C[N+](C)(C)CCOC(C)=O)C(O)C/C=C/CCCCCCCC(=O)NCCCCCCCCCCCCNC(=O)CCCCCCC/C=C/CC(O)C(CCCCC)OC(=O)C[N+](C)(C)CCOC(C)=O. The molecule has 80 heavy (non-hydrogen) atoms. The summed E-state index contributed by atoms with van der Waals surface area (Å²) in [5.74, 6) is -1.09. The molecule has 466 valence electrons. The molecule has 4 atom stereocenters. The van der Waals surface area contributed by atoms with Crippen molar-refractivity contribution in [1.29, 1.82) is 0 Å². The second kappa shape index (κ2) is 50.8. The number of likely N-dealkylation sites (N-methyl/N-ethyl adjacent to an activating group) is 2. The Labute approximate surface area is 486 Å². The summed E-state index contributed by atoms with van der Waals surface area (Å²) in [6.45, 7) is 10.2. The number of unbranched alkanes of at least 4 members (excludes halogenated alkanes) is 23. The highest BCUT2D eigenvalue weighted by molar-refractivity contribution is 5.76. The van der Waals surface area contributed by atoms with Gasteiger partial charge in [0.25, 0.3) is 0 Å². The van der Waals surface area contributed by atoms with Crippen LogP contribution in [0.25, 0.3) is 0 Å². The van der Waals surface area contributed by atoms with Gasteiger partial charge in [-0.3, -0.25) is 19.2 Å². The highest BCUT2D eigenvalue weighted by atomic mass is 16.6. The van der Waals surface area contributed by atoms with Crippen LogP contribution in [0.2, 0.25) is 0 Å². The van der Waals surface area contributed by atoms with Crippen LogP contribution in [0.15, 0.2) is 24.3 Å². The van der Waals surface area contributed by atoms with Crippen molar-refractivity contribution in [2.45, 2.75) is 270 Å². The van der Waals surface area contributed by atoms with E-state index in [0.717, 1.165) is 154 Å². The Hall–Kier alpha value is -3.86. The van der Waals surface area contributed by atoms with Crippen molar-refractivity contribution >= 4 is 35.7 Å². The zero-order valence-corrected chi connectivity index (χ0v) is 52.2. The molecule has 0 saturated carbocycles. The Kier molecular flexibility index (Phi) is 48.4. The lowest BCUT2D eigenvalue weighted by atomic mass is 10.0. The fourth-order valence-electron chi connectivity index (χ4n) is 9.46. The van der Waals surface area contributed by atoms with E-state index in [1.54, 1.807) is 0 Å². The van der Waals surface area contributed by atoms with Crippen molar-refractivity contribution in [2.75, 3.05) is 80.7 Å². The van der Waals surface area contributed by atoms with E-state index in [1.807, 2.05) is 40.3 Å². The van der Waals surface area contributed by atoms with Crippen LogP contribution in [-0.4, -0.2) is 160 Å². The van der Waals surface area contributed by atoms with Crippen molar-refractivity contribution in [3.63, 3.8) is 0 Å². The molecule has 0 radical (unpaired) electrons. The monoisotopic (exact) mass is 1140 g/mol. The topological polar surface area (TPSA) is 204 Å². The quantitative estimate of drug-likeness (QED) is 0.0148. The van der Waals surface area contributed by atoms with Crippen LogP contribution in [-0.2, 0) is 47.7 Å². The Bertz CT molecular complexity index is 1540.